The van der Waals surface area contributed by atoms with Crippen LogP contribution in [-0.2, 0) is 0 Å². The fourth-order valence-electron chi connectivity index (χ4n) is 3.84. The van der Waals surface area contributed by atoms with Crippen molar-refractivity contribution in [3.8, 4) is 0 Å². The summed E-state index contributed by atoms with van der Waals surface area (Å²) in [7, 11) is 2.15. The molecule has 1 N–H and O–H groups in total. The van der Waals surface area contributed by atoms with Crippen molar-refractivity contribution >= 4 is 0 Å². The van der Waals surface area contributed by atoms with E-state index in [1.807, 2.05) is 0 Å². The number of likely N-dealkylation sites (N-methyl/N-ethyl adjacent to an activating group) is 1. The molecule has 2 rings (SSSR count). The summed E-state index contributed by atoms with van der Waals surface area (Å²) in [6.07, 6.45) is 6.91. The lowest BCUT2D eigenvalue weighted by atomic mass is 9.75. The molecule has 19 heavy (non-hydrogen) atoms. The first-order chi connectivity index (χ1) is 9.27. The minimum absolute atomic E-state index is 0.639. The molecule has 1 fully saturated rings. The van der Waals surface area contributed by atoms with Gasteiger partial charge in [-0.1, -0.05) is 63.4 Å². The lowest BCUT2D eigenvalue weighted by Gasteiger charge is -2.35. The third-order valence-corrected chi connectivity index (χ3v) is 5.07. The zero-order valence-corrected chi connectivity index (χ0v) is 12.7. The molecule has 1 aliphatic rings. The summed E-state index contributed by atoms with van der Waals surface area (Å²) in [6.45, 7) is 4.74. The van der Waals surface area contributed by atoms with E-state index in [-0.39, 0.29) is 0 Å². The van der Waals surface area contributed by atoms with Gasteiger partial charge < -0.3 is 5.32 Å². The second-order valence-corrected chi connectivity index (χ2v) is 6.18. The van der Waals surface area contributed by atoms with Gasteiger partial charge in [-0.15, -0.1) is 0 Å². The van der Waals surface area contributed by atoms with E-state index in [9.17, 15) is 0 Å². The quantitative estimate of drug-likeness (QED) is 0.787. The first kappa shape index (κ1) is 14.6. The van der Waals surface area contributed by atoms with Crippen molar-refractivity contribution in [3.05, 3.63) is 35.9 Å². The monoisotopic (exact) mass is 259 g/mol. The Bertz CT molecular complexity index is 353. The Balaban J connectivity index is 2.25. The van der Waals surface area contributed by atoms with Crippen molar-refractivity contribution < 1.29 is 0 Å². The Morgan fingerprint density at radius 1 is 1.16 bits per heavy atom. The molecule has 106 valence electrons. The molecule has 1 saturated carbocycles. The molecule has 0 aliphatic heterocycles. The molecule has 3 atom stereocenters. The van der Waals surface area contributed by atoms with E-state index in [0.29, 0.717) is 12.0 Å². The van der Waals surface area contributed by atoms with Crippen LogP contribution in [0.5, 0.6) is 0 Å². The van der Waals surface area contributed by atoms with Crippen LogP contribution >= 0.6 is 0 Å². The average Bonchev–Trinajstić information content (AvgIpc) is 2.98. The van der Waals surface area contributed by atoms with E-state index >= 15 is 0 Å². The van der Waals surface area contributed by atoms with Crippen LogP contribution in [0, 0.1) is 11.8 Å². The van der Waals surface area contributed by atoms with Gasteiger partial charge in [0, 0.05) is 12.0 Å². The van der Waals surface area contributed by atoms with Gasteiger partial charge in [-0.05, 0) is 37.3 Å². The smallest absolute Gasteiger partial charge is 0.0164 e. The number of nitrogens with one attached hydrogen (secondary N) is 1. The van der Waals surface area contributed by atoms with E-state index in [1.54, 1.807) is 0 Å². The largest absolute Gasteiger partial charge is 0.316 e. The van der Waals surface area contributed by atoms with Gasteiger partial charge in [-0.25, -0.2) is 0 Å². The topological polar surface area (TPSA) is 12.0 Å². The molecule has 0 radical (unpaired) electrons. The molecule has 0 amide bonds. The average molecular weight is 259 g/mol. The third-order valence-electron chi connectivity index (χ3n) is 5.07. The van der Waals surface area contributed by atoms with E-state index in [2.05, 4.69) is 56.5 Å². The fraction of sp³-hybridized carbons (Fsp3) is 0.667. The second kappa shape index (κ2) is 7.09. The van der Waals surface area contributed by atoms with Crippen LogP contribution in [0.15, 0.2) is 30.3 Å². The standard InChI is InChI=1S/C18H29N/c1-4-14(2)17(15-10-6-5-7-11-15)18(19-3)16-12-8-9-13-16/h5-7,10-11,14,16-19H,4,8-9,12-13H2,1-3H3. The molecule has 1 heteroatoms. The summed E-state index contributed by atoms with van der Waals surface area (Å²) >= 11 is 0. The first-order valence-corrected chi connectivity index (χ1v) is 8.00. The van der Waals surface area contributed by atoms with E-state index in [0.717, 1.165) is 11.8 Å². The summed E-state index contributed by atoms with van der Waals surface area (Å²) in [5.41, 5.74) is 1.52. The lowest BCUT2D eigenvalue weighted by Crippen LogP contribution is -2.40. The van der Waals surface area contributed by atoms with Crippen molar-refractivity contribution in [1.82, 2.24) is 5.32 Å². The fourth-order valence-corrected chi connectivity index (χ4v) is 3.84. The maximum atomic E-state index is 3.66. The number of hydrogen-bond acceptors (Lipinski definition) is 1. The van der Waals surface area contributed by atoms with E-state index < -0.39 is 0 Å². The Morgan fingerprint density at radius 3 is 2.32 bits per heavy atom. The molecule has 1 aromatic rings. The Labute approximate surface area is 118 Å². The van der Waals surface area contributed by atoms with Crippen LogP contribution < -0.4 is 5.32 Å². The van der Waals surface area contributed by atoms with E-state index in [1.165, 1.54) is 37.7 Å². The molecule has 1 aliphatic carbocycles. The van der Waals surface area contributed by atoms with Crippen molar-refractivity contribution in [2.45, 2.75) is 57.9 Å². The van der Waals surface area contributed by atoms with E-state index in [4.69, 9.17) is 0 Å². The maximum Gasteiger partial charge on any atom is 0.0164 e. The van der Waals surface area contributed by atoms with Crippen molar-refractivity contribution in [3.63, 3.8) is 0 Å². The highest BCUT2D eigenvalue weighted by molar-refractivity contribution is 5.22. The molecular weight excluding hydrogens is 230 g/mol. The Kier molecular flexibility index (Phi) is 5.45. The van der Waals surface area contributed by atoms with Gasteiger partial charge in [0.25, 0.3) is 0 Å². The Hall–Kier alpha value is -0.820. The molecule has 0 spiro atoms. The lowest BCUT2D eigenvalue weighted by molar-refractivity contribution is 0.268. The van der Waals surface area contributed by atoms with Gasteiger partial charge in [0.1, 0.15) is 0 Å². The summed E-state index contributed by atoms with van der Waals surface area (Å²) in [5, 5.41) is 3.66. The van der Waals surface area contributed by atoms with Crippen LogP contribution in [0.4, 0.5) is 0 Å². The summed E-state index contributed by atoms with van der Waals surface area (Å²) in [4.78, 5) is 0. The Morgan fingerprint density at radius 2 is 1.79 bits per heavy atom. The molecule has 0 saturated heterocycles. The zero-order chi connectivity index (χ0) is 13.7. The summed E-state index contributed by atoms with van der Waals surface area (Å²) in [6, 6.07) is 11.8. The van der Waals surface area contributed by atoms with Gasteiger partial charge in [-0.3, -0.25) is 0 Å². The minimum Gasteiger partial charge on any atom is -0.316 e. The molecule has 0 aromatic heterocycles. The van der Waals surface area contributed by atoms with Crippen LogP contribution in [0.3, 0.4) is 0 Å². The van der Waals surface area contributed by atoms with Gasteiger partial charge >= 0.3 is 0 Å². The highest BCUT2D eigenvalue weighted by Gasteiger charge is 2.33. The van der Waals surface area contributed by atoms with Gasteiger partial charge in [-0.2, -0.15) is 0 Å². The first-order valence-electron chi connectivity index (χ1n) is 8.00. The SMILES string of the molecule is CCC(C)C(c1ccccc1)C(NC)C1CCCC1. The normalized spacial score (nSPS) is 21.2. The third kappa shape index (κ3) is 3.39. The highest BCUT2D eigenvalue weighted by atomic mass is 14.9. The molecular formula is C18H29N. The van der Waals surface area contributed by atoms with Gasteiger partial charge in [0.2, 0.25) is 0 Å². The van der Waals surface area contributed by atoms with Crippen LogP contribution in [-0.4, -0.2) is 13.1 Å². The second-order valence-electron chi connectivity index (χ2n) is 6.18. The molecule has 3 unspecified atom stereocenters. The van der Waals surface area contributed by atoms with Crippen molar-refractivity contribution in [1.29, 1.82) is 0 Å². The highest BCUT2D eigenvalue weighted by Crippen LogP contribution is 2.39. The molecule has 0 heterocycles. The number of benzene rings is 1. The van der Waals surface area contributed by atoms with Crippen molar-refractivity contribution in [2.75, 3.05) is 7.05 Å². The summed E-state index contributed by atoms with van der Waals surface area (Å²) in [5.74, 6) is 2.25. The predicted molar refractivity (Wildman–Crippen MR) is 83.4 cm³/mol. The van der Waals surface area contributed by atoms with Crippen LogP contribution in [0.1, 0.15) is 57.4 Å². The minimum atomic E-state index is 0.639. The van der Waals surface area contributed by atoms with Gasteiger partial charge in [0.05, 0.1) is 0 Å². The maximum absolute atomic E-state index is 3.66. The number of rotatable bonds is 6. The van der Waals surface area contributed by atoms with Crippen molar-refractivity contribution in [2.24, 2.45) is 11.8 Å². The molecule has 0 bridgehead atoms. The molecule has 1 nitrogen and oxygen atoms in total. The zero-order valence-electron chi connectivity index (χ0n) is 12.7. The predicted octanol–water partition coefficient (Wildman–Crippen LogP) is 4.59. The summed E-state index contributed by atoms with van der Waals surface area (Å²) < 4.78 is 0. The van der Waals surface area contributed by atoms with Crippen LogP contribution in [0.25, 0.3) is 0 Å². The van der Waals surface area contributed by atoms with Crippen LogP contribution in [0.2, 0.25) is 0 Å². The molecule has 1 aromatic carbocycles. The number of hydrogen-bond donors (Lipinski definition) is 1. The van der Waals surface area contributed by atoms with Gasteiger partial charge in [0.15, 0.2) is 0 Å².